The Bertz CT molecular complexity index is 336. The van der Waals surface area contributed by atoms with Gasteiger partial charge in [-0.1, -0.05) is 24.6 Å². The lowest BCUT2D eigenvalue weighted by Gasteiger charge is -2.28. The molecule has 1 fully saturated rings. The van der Waals surface area contributed by atoms with Gasteiger partial charge in [0.15, 0.2) is 0 Å². The molecule has 0 amide bonds. The third-order valence-corrected chi connectivity index (χ3v) is 3.39. The second kappa shape index (κ2) is 5.41. The number of halogens is 1. The second-order valence-corrected chi connectivity index (χ2v) is 4.49. The number of nitrogens with two attached hydrogens (primary N) is 1. The van der Waals surface area contributed by atoms with E-state index in [0.29, 0.717) is 12.6 Å². The molecule has 0 radical (unpaired) electrons. The Morgan fingerprint density at radius 2 is 2.12 bits per heavy atom. The molecule has 1 aromatic carbocycles. The van der Waals surface area contributed by atoms with Crippen molar-refractivity contribution in [3.63, 3.8) is 0 Å². The number of rotatable bonds is 5. The van der Waals surface area contributed by atoms with Crippen molar-refractivity contribution < 1.29 is 4.39 Å². The van der Waals surface area contributed by atoms with Crippen molar-refractivity contribution in [3.05, 3.63) is 35.6 Å². The van der Waals surface area contributed by atoms with Gasteiger partial charge in [-0.3, -0.25) is 0 Å². The molecule has 1 aromatic rings. The molecule has 2 rings (SSSR count). The number of hydrogen-bond acceptors (Lipinski definition) is 2. The molecule has 1 atom stereocenters. The zero-order valence-corrected chi connectivity index (χ0v) is 9.45. The van der Waals surface area contributed by atoms with Crippen LogP contribution in [-0.2, 0) is 0 Å². The van der Waals surface area contributed by atoms with E-state index < -0.39 is 0 Å². The molecule has 0 heterocycles. The Labute approximate surface area is 96.0 Å². The Hall–Kier alpha value is -0.930. The van der Waals surface area contributed by atoms with E-state index >= 15 is 0 Å². The molecular weight excluding hydrogens is 203 g/mol. The fraction of sp³-hybridized carbons (Fsp3) is 0.538. The average Bonchev–Trinajstić information content (AvgIpc) is 2.23. The molecular formula is C13H19FN2. The van der Waals surface area contributed by atoms with E-state index in [1.807, 2.05) is 12.1 Å². The minimum absolute atomic E-state index is 0.0850. The highest BCUT2D eigenvalue weighted by atomic mass is 19.1. The molecule has 1 aliphatic carbocycles. The van der Waals surface area contributed by atoms with Crippen LogP contribution in [0.2, 0.25) is 0 Å². The molecule has 16 heavy (non-hydrogen) atoms. The van der Waals surface area contributed by atoms with Gasteiger partial charge in [-0.15, -0.1) is 0 Å². The first kappa shape index (κ1) is 11.6. The van der Waals surface area contributed by atoms with Gasteiger partial charge in [0.05, 0.1) is 0 Å². The SMILES string of the molecule is NCC(CNC1CCC1)c1ccccc1F. The fourth-order valence-corrected chi connectivity index (χ4v) is 2.05. The summed E-state index contributed by atoms with van der Waals surface area (Å²) in [5, 5.41) is 3.45. The van der Waals surface area contributed by atoms with E-state index in [1.165, 1.54) is 25.3 Å². The summed E-state index contributed by atoms with van der Waals surface area (Å²) in [7, 11) is 0. The summed E-state index contributed by atoms with van der Waals surface area (Å²) < 4.78 is 13.6. The Kier molecular flexibility index (Phi) is 3.91. The maximum absolute atomic E-state index is 13.6. The van der Waals surface area contributed by atoms with Crippen LogP contribution >= 0.6 is 0 Å². The lowest BCUT2D eigenvalue weighted by Crippen LogP contribution is -2.39. The molecule has 3 N–H and O–H groups in total. The van der Waals surface area contributed by atoms with Crippen LogP contribution in [0.3, 0.4) is 0 Å². The topological polar surface area (TPSA) is 38.0 Å². The van der Waals surface area contributed by atoms with E-state index in [2.05, 4.69) is 5.32 Å². The van der Waals surface area contributed by atoms with Gasteiger partial charge in [-0.2, -0.15) is 0 Å². The molecule has 0 aromatic heterocycles. The van der Waals surface area contributed by atoms with Gasteiger partial charge in [-0.25, -0.2) is 4.39 Å². The molecule has 0 spiro atoms. The minimum atomic E-state index is -0.145. The van der Waals surface area contributed by atoms with Gasteiger partial charge in [-0.05, 0) is 24.5 Å². The van der Waals surface area contributed by atoms with E-state index in [9.17, 15) is 4.39 Å². The van der Waals surface area contributed by atoms with Crippen LogP contribution in [0.25, 0.3) is 0 Å². The van der Waals surface area contributed by atoms with Crippen LogP contribution in [-0.4, -0.2) is 19.1 Å². The van der Waals surface area contributed by atoms with Gasteiger partial charge in [0.2, 0.25) is 0 Å². The summed E-state index contributed by atoms with van der Waals surface area (Å²) in [6.07, 6.45) is 3.80. The third-order valence-electron chi connectivity index (χ3n) is 3.39. The summed E-state index contributed by atoms with van der Waals surface area (Å²) >= 11 is 0. The fourth-order valence-electron chi connectivity index (χ4n) is 2.05. The highest BCUT2D eigenvalue weighted by Crippen LogP contribution is 2.21. The summed E-state index contributed by atoms with van der Waals surface area (Å²) in [6.45, 7) is 1.27. The standard InChI is InChI=1S/C13H19FN2/c14-13-7-2-1-6-12(13)10(8-15)9-16-11-4-3-5-11/h1-2,6-7,10-11,16H,3-5,8-9,15H2. The van der Waals surface area contributed by atoms with Gasteiger partial charge >= 0.3 is 0 Å². The highest BCUT2D eigenvalue weighted by molar-refractivity contribution is 5.22. The van der Waals surface area contributed by atoms with Crippen molar-refractivity contribution >= 4 is 0 Å². The molecule has 3 heteroatoms. The summed E-state index contributed by atoms with van der Waals surface area (Å²) in [6, 6.07) is 7.54. The summed E-state index contributed by atoms with van der Waals surface area (Å²) in [5.74, 6) is -0.0600. The number of nitrogens with one attached hydrogen (secondary N) is 1. The Morgan fingerprint density at radius 1 is 1.38 bits per heavy atom. The first-order chi connectivity index (χ1) is 7.81. The first-order valence-electron chi connectivity index (χ1n) is 5.99. The molecule has 0 saturated heterocycles. The van der Waals surface area contributed by atoms with E-state index in [0.717, 1.165) is 12.1 Å². The van der Waals surface area contributed by atoms with Crippen LogP contribution in [0.1, 0.15) is 30.7 Å². The maximum atomic E-state index is 13.6. The van der Waals surface area contributed by atoms with Crippen molar-refractivity contribution in [3.8, 4) is 0 Å². The van der Waals surface area contributed by atoms with Crippen LogP contribution in [0.15, 0.2) is 24.3 Å². The van der Waals surface area contributed by atoms with Crippen LogP contribution in [0, 0.1) is 5.82 Å². The summed E-state index contributed by atoms with van der Waals surface area (Å²) in [5.41, 5.74) is 6.45. The average molecular weight is 222 g/mol. The predicted molar refractivity (Wildman–Crippen MR) is 63.8 cm³/mol. The first-order valence-corrected chi connectivity index (χ1v) is 5.99. The number of hydrogen-bond donors (Lipinski definition) is 2. The highest BCUT2D eigenvalue weighted by Gasteiger charge is 2.19. The molecule has 2 nitrogen and oxygen atoms in total. The van der Waals surface area contributed by atoms with E-state index in [1.54, 1.807) is 6.07 Å². The van der Waals surface area contributed by atoms with Gasteiger partial charge in [0.1, 0.15) is 5.82 Å². The molecule has 1 saturated carbocycles. The molecule has 0 aliphatic heterocycles. The van der Waals surface area contributed by atoms with Crippen molar-refractivity contribution in [2.75, 3.05) is 13.1 Å². The molecule has 1 unspecified atom stereocenters. The largest absolute Gasteiger partial charge is 0.330 e. The van der Waals surface area contributed by atoms with E-state index in [4.69, 9.17) is 5.73 Å². The van der Waals surface area contributed by atoms with Crippen molar-refractivity contribution in [2.24, 2.45) is 5.73 Å². The van der Waals surface area contributed by atoms with Gasteiger partial charge in [0, 0.05) is 25.0 Å². The van der Waals surface area contributed by atoms with Crippen LogP contribution < -0.4 is 11.1 Å². The Balaban J connectivity index is 1.95. The van der Waals surface area contributed by atoms with Crippen molar-refractivity contribution in [1.29, 1.82) is 0 Å². The zero-order chi connectivity index (χ0) is 11.4. The van der Waals surface area contributed by atoms with Crippen molar-refractivity contribution in [1.82, 2.24) is 5.32 Å². The van der Waals surface area contributed by atoms with Crippen LogP contribution in [0.5, 0.6) is 0 Å². The Morgan fingerprint density at radius 3 is 2.69 bits per heavy atom. The maximum Gasteiger partial charge on any atom is 0.126 e. The number of benzene rings is 1. The predicted octanol–water partition coefficient (Wildman–Crippen LogP) is 2.01. The quantitative estimate of drug-likeness (QED) is 0.799. The van der Waals surface area contributed by atoms with Gasteiger partial charge in [0.25, 0.3) is 0 Å². The molecule has 0 bridgehead atoms. The zero-order valence-electron chi connectivity index (χ0n) is 9.45. The third kappa shape index (κ3) is 2.60. The van der Waals surface area contributed by atoms with Crippen molar-refractivity contribution in [2.45, 2.75) is 31.2 Å². The van der Waals surface area contributed by atoms with E-state index in [-0.39, 0.29) is 11.7 Å². The van der Waals surface area contributed by atoms with Gasteiger partial charge < -0.3 is 11.1 Å². The minimum Gasteiger partial charge on any atom is -0.330 e. The van der Waals surface area contributed by atoms with Crippen LogP contribution in [0.4, 0.5) is 4.39 Å². The summed E-state index contributed by atoms with van der Waals surface area (Å²) in [4.78, 5) is 0. The normalized spacial score (nSPS) is 18.1. The lowest BCUT2D eigenvalue weighted by atomic mass is 9.91. The second-order valence-electron chi connectivity index (χ2n) is 4.49. The smallest absolute Gasteiger partial charge is 0.126 e. The molecule has 1 aliphatic rings. The molecule has 88 valence electrons. The monoisotopic (exact) mass is 222 g/mol. The lowest BCUT2D eigenvalue weighted by molar-refractivity contribution is 0.331.